The van der Waals surface area contributed by atoms with Gasteiger partial charge < -0.3 is 9.80 Å². The number of nitrogens with zero attached hydrogens (tertiary/aromatic N) is 4. The summed E-state index contributed by atoms with van der Waals surface area (Å²) in [7, 11) is 0. The molecule has 0 saturated carbocycles. The Kier molecular flexibility index (Phi) is 5.97. The number of anilines is 2. The molecule has 0 atom stereocenters. The SMILES string of the molecule is Clc1ccc(-c2cc(-c3ccccc3)c(N3CCN(c4cccc(Cl)c4)CC3)nn2)cc1. The van der Waals surface area contributed by atoms with Crippen molar-refractivity contribution in [2.75, 3.05) is 36.0 Å². The van der Waals surface area contributed by atoms with Crippen molar-refractivity contribution < 1.29 is 0 Å². The van der Waals surface area contributed by atoms with E-state index in [2.05, 4.69) is 51.3 Å². The van der Waals surface area contributed by atoms with E-state index in [4.69, 9.17) is 28.3 Å². The zero-order valence-electron chi connectivity index (χ0n) is 17.5. The molecule has 0 radical (unpaired) electrons. The average molecular weight is 461 g/mol. The van der Waals surface area contributed by atoms with Crippen LogP contribution in [0.1, 0.15) is 0 Å². The van der Waals surface area contributed by atoms with E-state index >= 15 is 0 Å². The highest BCUT2D eigenvalue weighted by atomic mass is 35.5. The fourth-order valence-corrected chi connectivity index (χ4v) is 4.37. The van der Waals surface area contributed by atoms with Crippen molar-refractivity contribution in [2.45, 2.75) is 0 Å². The molecule has 0 amide bonds. The molecular formula is C26H22Cl2N4. The van der Waals surface area contributed by atoms with Gasteiger partial charge in [-0.2, -0.15) is 0 Å². The van der Waals surface area contributed by atoms with Crippen LogP contribution in [0.25, 0.3) is 22.4 Å². The van der Waals surface area contributed by atoms with Gasteiger partial charge in [0.2, 0.25) is 0 Å². The predicted molar refractivity (Wildman–Crippen MR) is 134 cm³/mol. The molecule has 1 aliphatic heterocycles. The van der Waals surface area contributed by atoms with Crippen LogP contribution in [0.2, 0.25) is 10.0 Å². The van der Waals surface area contributed by atoms with E-state index in [1.54, 1.807) is 0 Å². The summed E-state index contributed by atoms with van der Waals surface area (Å²) in [6, 6.07) is 28.3. The lowest BCUT2D eigenvalue weighted by Crippen LogP contribution is -2.47. The Morgan fingerprint density at radius 2 is 1.31 bits per heavy atom. The highest BCUT2D eigenvalue weighted by molar-refractivity contribution is 6.31. The molecule has 32 heavy (non-hydrogen) atoms. The summed E-state index contributed by atoms with van der Waals surface area (Å²) in [5.41, 5.74) is 5.20. The number of benzene rings is 3. The van der Waals surface area contributed by atoms with E-state index in [0.717, 1.165) is 65.1 Å². The summed E-state index contributed by atoms with van der Waals surface area (Å²) < 4.78 is 0. The lowest BCUT2D eigenvalue weighted by molar-refractivity contribution is 0.644. The molecule has 1 saturated heterocycles. The highest BCUT2D eigenvalue weighted by Crippen LogP contribution is 2.33. The lowest BCUT2D eigenvalue weighted by Gasteiger charge is -2.37. The van der Waals surface area contributed by atoms with Gasteiger partial charge in [-0.15, -0.1) is 10.2 Å². The van der Waals surface area contributed by atoms with Crippen molar-refractivity contribution >= 4 is 34.7 Å². The second kappa shape index (κ2) is 9.19. The van der Waals surface area contributed by atoms with Crippen LogP contribution in [0.5, 0.6) is 0 Å². The fourth-order valence-electron chi connectivity index (χ4n) is 4.06. The minimum atomic E-state index is 0.708. The molecule has 0 spiro atoms. The first-order chi connectivity index (χ1) is 15.7. The quantitative estimate of drug-likeness (QED) is 0.350. The fraction of sp³-hybridized carbons (Fsp3) is 0.154. The largest absolute Gasteiger partial charge is 0.368 e. The van der Waals surface area contributed by atoms with Gasteiger partial charge in [0, 0.05) is 53.0 Å². The smallest absolute Gasteiger partial charge is 0.159 e. The van der Waals surface area contributed by atoms with Crippen LogP contribution in [-0.2, 0) is 0 Å². The van der Waals surface area contributed by atoms with Crippen molar-refractivity contribution in [1.29, 1.82) is 0 Å². The van der Waals surface area contributed by atoms with E-state index in [1.165, 1.54) is 0 Å². The van der Waals surface area contributed by atoms with Crippen LogP contribution < -0.4 is 9.80 Å². The maximum atomic E-state index is 6.19. The first-order valence-electron chi connectivity index (χ1n) is 10.6. The second-order valence-electron chi connectivity index (χ2n) is 7.79. The van der Waals surface area contributed by atoms with Gasteiger partial charge in [0.25, 0.3) is 0 Å². The zero-order chi connectivity index (χ0) is 21.9. The van der Waals surface area contributed by atoms with Crippen LogP contribution in [0.3, 0.4) is 0 Å². The molecule has 0 bridgehead atoms. The first kappa shape index (κ1) is 20.8. The normalized spacial score (nSPS) is 13.9. The van der Waals surface area contributed by atoms with Crippen LogP contribution in [0, 0.1) is 0 Å². The van der Waals surface area contributed by atoms with Crippen LogP contribution in [-0.4, -0.2) is 36.4 Å². The van der Waals surface area contributed by atoms with Gasteiger partial charge in [0.15, 0.2) is 5.82 Å². The number of rotatable bonds is 4. The summed E-state index contributed by atoms with van der Waals surface area (Å²) in [6.07, 6.45) is 0. The third-order valence-corrected chi connectivity index (χ3v) is 6.24. The second-order valence-corrected chi connectivity index (χ2v) is 8.67. The zero-order valence-corrected chi connectivity index (χ0v) is 19.0. The van der Waals surface area contributed by atoms with E-state index in [1.807, 2.05) is 48.5 Å². The van der Waals surface area contributed by atoms with Crippen molar-refractivity contribution in [1.82, 2.24) is 10.2 Å². The molecule has 0 unspecified atom stereocenters. The van der Waals surface area contributed by atoms with E-state index < -0.39 is 0 Å². The number of hydrogen-bond acceptors (Lipinski definition) is 4. The Labute approximate surface area is 198 Å². The minimum absolute atomic E-state index is 0.708. The molecule has 4 aromatic rings. The van der Waals surface area contributed by atoms with Crippen molar-refractivity contribution in [3.05, 3.63) is 95.0 Å². The lowest BCUT2D eigenvalue weighted by atomic mass is 10.0. The number of halogens is 2. The van der Waals surface area contributed by atoms with E-state index in [-0.39, 0.29) is 0 Å². The molecule has 4 nitrogen and oxygen atoms in total. The van der Waals surface area contributed by atoms with Gasteiger partial charge in [-0.25, -0.2) is 0 Å². The van der Waals surface area contributed by atoms with Crippen LogP contribution in [0.15, 0.2) is 84.9 Å². The number of hydrogen-bond donors (Lipinski definition) is 0. The molecule has 1 aromatic heterocycles. The molecule has 6 heteroatoms. The summed E-state index contributed by atoms with van der Waals surface area (Å²) in [5.74, 6) is 0.916. The average Bonchev–Trinajstić information content (AvgIpc) is 2.85. The Bertz CT molecular complexity index is 1200. The van der Waals surface area contributed by atoms with Crippen molar-refractivity contribution in [3.63, 3.8) is 0 Å². The van der Waals surface area contributed by atoms with Gasteiger partial charge in [-0.1, -0.05) is 71.7 Å². The Balaban J connectivity index is 1.45. The maximum absolute atomic E-state index is 6.19. The van der Waals surface area contributed by atoms with Gasteiger partial charge in [0.05, 0.1) is 5.69 Å². The van der Waals surface area contributed by atoms with Gasteiger partial charge in [-0.3, -0.25) is 0 Å². The van der Waals surface area contributed by atoms with E-state index in [0.29, 0.717) is 5.02 Å². The summed E-state index contributed by atoms with van der Waals surface area (Å²) in [5, 5.41) is 10.7. The monoisotopic (exact) mass is 460 g/mol. The topological polar surface area (TPSA) is 32.3 Å². The molecule has 2 heterocycles. The molecule has 0 aliphatic carbocycles. The van der Waals surface area contributed by atoms with Crippen LogP contribution >= 0.6 is 23.2 Å². The summed E-state index contributed by atoms with van der Waals surface area (Å²) in [6.45, 7) is 3.52. The Hall–Kier alpha value is -3.08. The molecule has 0 N–H and O–H groups in total. The Morgan fingerprint density at radius 3 is 2.03 bits per heavy atom. The van der Waals surface area contributed by atoms with Crippen LogP contribution in [0.4, 0.5) is 11.5 Å². The molecule has 5 rings (SSSR count). The number of aromatic nitrogens is 2. The van der Waals surface area contributed by atoms with Crippen molar-refractivity contribution in [2.24, 2.45) is 0 Å². The predicted octanol–water partition coefficient (Wildman–Crippen LogP) is 6.44. The molecule has 3 aromatic carbocycles. The molecule has 160 valence electrons. The standard InChI is InChI=1S/C26H22Cl2N4/c27-21-11-9-20(10-12-21)25-18-24(19-5-2-1-3-6-19)26(30-29-25)32-15-13-31(14-16-32)23-8-4-7-22(28)17-23/h1-12,17-18H,13-16H2. The molecule has 1 aliphatic rings. The third-order valence-electron chi connectivity index (χ3n) is 5.75. The minimum Gasteiger partial charge on any atom is -0.368 e. The van der Waals surface area contributed by atoms with Gasteiger partial charge in [-0.05, 0) is 42.0 Å². The first-order valence-corrected chi connectivity index (χ1v) is 11.4. The summed E-state index contributed by atoms with van der Waals surface area (Å²) >= 11 is 12.3. The molecule has 1 fully saturated rings. The van der Waals surface area contributed by atoms with Gasteiger partial charge >= 0.3 is 0 Å². The van der Waals surface area contributed by atoms with Gasteiger partial charge in [0.1, 0.15) is 0 Å². The number of piperazine rings is 1. The van der Waals surface area contributed by atoms with Crippen molar-refractivity contribution in [3.8, 4) is 22.4 Å². The highest BCUT2D eigenvalue weighted by Gasteiger charge is 2.22. The third kappa shape index (κ3) is 4.43. The molecular weight excluding hydrogens is 439 g/mol. The maximum Gasteiger partial charge on any atom is 0.159 e. The Morgan fingerprint density at radius 1 is 0.594 bits per heavy atom. The van der Waals surface area contributed by atoms with E-state index in [9.17, 15) is 0 Å². The summed E-state index contributed by atoms with van der Waals surface area (Å²) in [4.78, 5) is 4.68.